The Kier molecular flexibility index (Phi) is 5.52. The molecule has 7 heteroatoms. The van der Waals surface area contributed by atoms with Crippen molar-refractivity contribution in [3.63, 3.8) is 0 Å². The molecule has 1 aliphatic heterocycles. The molecule has 4 rings (SSSR count). The molecule has 2 atom stereocenters. The van der Waals surface area contributed by atoms with Gasteiger partial charge in [0, 0.05) is 30.7 Å². The van der Waals surface area contributed by atoms with Gasteiger partial charge >= 0.3 is 0 Å². The van der Waals surface area contributed by atoms with Crippen LogP contribution in [0, 0.1) is 5.82 Å². The maximum atomic E-state index is 13.3. The van der Waals surface area contributed by atoms with E-state index in [2.05, 4.69) is 39.2 Å². The molecule has 1 saturated heterocycles. The molecule has 148 valence electrons. The molecule has 3 aromatic rings. The lowest BCUT2D eigenvalue weighted by Crippen LogP contribution is -2.44. The summed E-state index contributed by atoms with van der Waals surface area (Å²) in [6, 6.07) is 7.49. The monoisotopic (exact) mass is 383 g/mol. The zero-order valence-electron chi connectivity index (χ0n) is 16.4. The molecule has 3 heterocycles. The van der Waals surface area contributed by atoms with Gasteiger partial charge in [-0.05, 0) is 57.4 Å². The number of piperidine rings is 1. The van der Waals surface area contributed by atoms with E-state index in [1.54, 1.807) is 12.1 Å². The SMILES string of the molecule is CC1CCCC(C)N1CCCNc1ncnc2onc(-c3ccc(F)cc3)c12. The van der Waals surface area contributed by atoms with Crippen molar-refractivity contribution < 1.29 is 8.91 Å². The van der Waals surface area contributed by atoms with Gasteiger partial charge in [-0.1, -0.05) is 11.6 Å². The number of anilines is 1. The molecule has 1 N–H and O–H groups in total. The number of hydrogen-bond donors (Lipinski definition) is 1. The summed E-state index contributed by atoms with van der Waals surface area (Å²) in [4.78, 5) is 11.2. The van der Waals surface area contributed by atoms with Crippen LogP contribution in [0.2, 0.25) is 0 Å². The summed E-state index contributed by atoms with van der Waals surface area (Å²) in [5.41, 5.74) is 1.82. The van der Waals surface area contributed by atoms with E-state index >= 15 is 0 Å². The van der Waals surface area contributed by atoms with Crippen molar-refractivity contribution in [1.29, 1.82) is 0 Å². The number of halogens is 1. The Morgan fingerprint density at radius 2 is 1.89 bits per heavy atom. The first-order chi connectivity index (χ1) is 13.6. The van der Waals surface area contributed by atoms with Crippen LogP contribution in [0.1, 0.15) is 39.5 Å². The van der Waals surface area contributed by atoms with Gasteiger partial charge < -0.3 is 9.84 Å². The van der Waals surface area contributed by atoms with Crippen molar-refractivity contribution >= 4 is 16.9 Å². The van der Waals surface area contributed by atoms with Crippen LogP contribution in [0.4, 0.5) is 10.2 Å². The number of benzene rings is 1. The third kappa shape index (κ3) is 3.85. The molecule has 0 saturated carbocycles. The summed E-state index contributed by atoms with van der Waals surface area (Å²) in [7, 11) is 0. The van der Waals surface area contributed by atoms with Crippen molar-refractivity contribution in [3.8, 4) is 11.3 Å². The summed E-state index contributed by atoms with van der Waals surface area (Å²) < 4.78 is 18.6. The van der Waals surface area contributed by atoms with Gasteiger partial charge in [-0.25, -0.2) is 9.37 Å². The number of hydrogen-bond acceptors (Lipinski definition) is 6. The van der Waals surface area contributed by atoms with Gasteiger partial charge in [-0.2, -0.15) is 4.98 Å². The Hall–Kier alpha value is -2.54. The number of nitrogens with zero attached hydrogens (tertiary/aromatic N) is 4. The highest BCUT2D eigenvalue weighted by Crippen LogP contribution is 2.31. The fourth-order valence-electron chi connectivity index (χ4n) is 4.11. The zero-order chi connectivity index (χ0) is 19.5. The van der Waals surface area contributed by atoms with E-state index in [0.717, 1.165) is 30.5 Å². The molecule has 0 amide bonds. The van der Waals surface area contributed by atoms with Crippen molar-refractivity contribution in [2.24, 2.45) is 0 Å². The third-order valence-corrected chi connectivity index (χ3v) is 5.65. The molecular weight excluding hydrogens is 357 g/mol. The largest absolute Gasteiger partial charge is 0.369 e. The Morgan fingerprint density at radius 3 is 2.64 bits per heavy atom. The first-order valence-corrected chi connectivity index (χ1v) is 9.99. The Morgan fingerprint density at radius 1 is 1.14 bits per heavy atom. The minimum absolute atomic E-state index is 0.285. The van der Waals surface area contributed by atoms with Crippen LogP contribution < -0.4 is 5.32 Å². The van der Waals surface area contributed by atoms with E-state index in [0.29, 0.717) is 29.3 Å². The van der Waals surface area contributed by atoms with Crippen LogP contribution in [-0.4, -0.2) is 45.2 Å². The molecular formula is C21H26FN5O. The van der Waals surface area contributed by atoms with Gasteiger partial charge in [-0.15, -0.1) is 0 Å². The standard InChI is InChI=1S/C21H26FN5O/c1-14-5-3-6-15(2)27(14)12-4-11-23-20-18-19(16-7-9-17(22)10-8-16)26-28-21(18)25-13-24-20/h7-10,13-15H,3-6,11-12H2,1-2H3,(H,23,24,25). The van der Waals surface area contributed by atoms with Gasteiger partial charge in [0.1, 0.15) is 29.0 Å². The van der Waals surface area contributed by atoms with Crippen LogP contribution in [0.25, 0.3) is 22.4 Å². The molecule has 0 bridgehead atoms. The molecule has 0 radical (unpaired) electrons. The molecule has 28 heavy (non-hydrogen) atoms. The summed E-state index contributed by atoms with van der Waals surface area (Å²) >= 11 is 0. The van der Waals surface area contributed by atoms with Gasteiger partial charge in [0.25, 0.3) is 5.71 Å². The van der Waals surface area contributed by atoms with E-state index in [-0.39, 0.29) is 5.82 Å². The topological polar surface area (TPSA) is 67.1 Å². The maximum absolute atomic E-state index is 13.3. The maximum Gasteiger partial charge on any atom is 0.263 e. The third-order valence-electron chi connectivity index (χ3n) is 5.65. The second kappa shape index (κ2) is 8.22. The first-order valence-electron chi connectivity index (χ1n) is 9.99. The van der Waals surface area contributed by atoms with Gasteiger partial charge in [0.15, 0.2) is 0 Å². The number of likely N-dealkylation sites (tertiary alicyclic amines) is 1. The van der Waals surface area contributed by atoms with Crippen molar-refractivity contribution in [2.45, 2.75) is 51.6 Å². The van der Waals surface area contributed by atoms with E-state index in [1.165, 1.54) is 37.7 Å². The summed E-state index contributed by atoms with van der Waals surface area (Å²) in [5.74, 6) is 0.414. The average Bonchev–Trinajstić information content (AvgIpc) is 3.12. The number of fused-ring (bicyclic) bond motifs is 1. The minimum Gasteiger partial charge on any atom is -0.369 e. The molecule has 0 spiro atoms. The van der Waals surface area contributed by atoms with Crippen LogP contribution in [0.3, 0.4) is 0 Å². The summed E-state index contributed by atoms with van der Waals surface area (Å²) in [6.07, 6.45) is 6.39. The van der Waals surface area contributed by atoms with E-state index < -0.39 is 0 Å². The molecule has 2 aromatic heterocycles. The van der Waals surface area contributed by atoms with Crippen molar-refractivity contribution in [1.82, 2.24) is 20.0 Å². The van der Waals surface area contributed by atoms with Crippen LogP contribution in [0.5, 0.6) is 0 Å². The normalized spacial score (nSPS) is 20.5. The molecule has 1 aromatic carbocycles. The van der Waals surface area contributed by atoms with E-state index in [1.807, 2.05) is 0 Å². The highest BCUT2D eigenvalue weighted by molar-refractivity contribution is 5.97. The van der Waals surface area contributed by atoms with Gasteiger partial charge in [0.05, 0.1) is 0 Å². The quantitative estimate of drug-likeness (QED) is 0.633. The van der Waals surface area contributed by atoms with Crippen molar-refractivity contribution in [2.75, 3.05) is 18.4 Å². The van der Waals surface area contributed by atoms with Crippen LogP contribution in [-0.2, 0) is 0 Å². The average molecular weight is 383 g/mol. The van der Waals surface area contributed by atoms with E-state index in [4.69, 9.17) is 4.52 Å². The lowest BCUT2D eigenvalue weighted by molar-refractivity contribution is 0.103. The zero-order valence-corrected chi connectivity index (χ0v) is 16.4. The highest BCUT2D eigenvalue weighted by Gasteiger charge is 2.24. The molecule has 2 unspecified atom stereocenters. The van der Waals surface area contributed by atoms with Crippen LogP contribution >= 0.6 is 0 Å². The molecule has 1 fully saturated rings. The lowest BCUT2D eigenvalue weighted by atomic mass is 9.97. The Labute approximate surface area is 164 Å². The smallest absolute Gasteiger partial charge is 0.263 e. The summed E-state index contributed by atoms with van der Waals surface area (Å²) in [5, 5.41) is 8.27. The van der Waals surface area contributed by atoms with Gasteiger partial charge in [-0.3, -0.25) is 4.90 Å². The van der Waals surface area contributed by atoms with Crippen molar-refractivity contribution in [3.05, 3.63) is 36.4 Å². The Bertz CT molecular complexity index is 916. The molecule has 6 nitrogen and oxygen atoms in total. The fraction of sp³-hybridized carbons (Fsp3) is 0.476. The lowest BCUT2D eigenvalue weighted by Gasteiger charge is -2.39. The highest BCUT2D eigenvalue weighted by atomic mass is 19.1. The first kappa shape index (κ1) is 18.8. The molecule has 0 aliphatic carbocycles. The second-order valence-electron chi connectivity index (χ2n) is 7.59. The number of aromatic nitrogens is 3. The predicted molar refractivity (Wildman–Crippen MR) is 108 cm³/mol. The van der Waals surface area contributed by atoms with Gasteiger partial charge in [0.2, 0.25) is 0 Å². The predicted octanol–water partition coefficient (Wildman–Crippen LogP) is 4.49. The summed E-state index contributed by atoms with van der Waals surface area (Å²) in [6.45, 7) is 6.51. The van der Waals surface area contributed by atoms with E-state index in [9.17, 15) is 4.39 Å². The minimum atomic E-state index is -0.285. The van der Waals surface area contributed by atoms with Crippen LogP contribution in [0.15, 0.2) is 35.1 Å². The number of rotatable bonds is 6. The fourth-order valence-corrected chi connectivity index (χ4v) is 4.11. The second-order valence-corrected chi connectivity index (χ2v) is 7.59. The molecule has 1 aliphatic rings. The number of nitrogens with one attached hydrogen (secondary N) is 1. The Balaban J connectivity index is 1.47.